The molecule has 6 nitrogen and oxygen atoms in total. The molecule has 2 aliphatic rings. The van der Waals surface area contributed by atoms with Crippen molar-refractivity contribution in [3.8, 4) is 5.88 Å². The number of aliphatic imine (C=N–C) groups is 1. The molecule has 0 unspecified atom stereocenters. The molecule has 0 aromatic carbocycles. The minimum atomic E-state index is 0. The van der Waals surface area contributed by atoms with Gasteiger partial charge in [-0.25, -0.2) is 4.98 Å². The normalized spacial score (nSPS) is 18.6. The summed E-state index contributed by atoms with van der Waals surface area (Å²) in [5.41, 5.74) is 1.09. The standard InChI is InChI=1S/C21H34N4O2.HI/c1-22-21(25(2)13-9-17-10-14-26-15-11-17)24-16-18-6-5-12-23-20(18)27-19-7-3-4-8-19;/h5-6,12,17,19H,3-4,7-11,13-16H2,1-2H3,(H,22,24);1H. The second kappa shape index (κ2) is 12.5. The molecule has 1 saturated carbocycles. The number of guanidine groups is 1. The van der Waals surface area contributed by atoms with Gasteiger partial charge in [-0.05, 0) is 56.9 Å². The van der Waals surface area contributed by atoms with Crippen molar-refractivity contribution >= 4 is 29.9 Å². The molecular weight excluding hydrogens is 467 g/mol. The largest absolute Gasteiger partial charge is 0.474 e. The summed E-state index contributed by atoms with van der Waals surface area (Å²) in [5, 5.41) is 3.47. The maximum Gasteiger partial charge on any atom is 0.218 e. The van der Waals surface area contributed by atoms with Crippen LogP contribution in [-0.4, -0.2) is 55.8 Å². The fourth-order valence-corrected chi connectivity index (χ4v) is 3.91. The number of nitrogens with zero attached hydrogens (tertiary/aromatic N) is 3. The van der Waals surface area contributed by atoms with Gasteiger partial charge in [0.1, 0.15) is 6.10 Å². The van der Waals surface area contributed by atoms with Gasteiger partial charge >= 0.3 is 0 Å². The van der Waals surface area contributed by atoms with Crippen molar-refractivity contribution in [3.05, 3.63) is 23.9 Å². The number of aromatic nitrogens is 1. The van der Waals surface area contributed by atoms with Crippen LogP contribution in [0.4, 0.5) is 0 Å². The number of nitrogens with one attached hydrogen (secondary N) is 1. The first-order chi connectivity index (χ1) is 13.3. The zero-order valence-corrected chi connectivity index (χ0v) is 19.6. The van der Waals surface area contributed by atoms with E-state index in [-0.39, 0.29) is 24.0 Å². The molecule has 1 aliphatic carbocycles. The molecule has 1 aromatic rings. The number of halogens is 1. The molecule has 2 heterocycles. The van der Waals surface area contributed by atoms with Crippen LogP contribution in [0, 0.1) is 5.92 Å². The van der Waals surface area contributed by atoms with Gasteiger partial charge in [0.2, 0.25) is 5.88 Å². The third kappa shape index (κ3) is 7.06. The lowest BCUT2D eigenvalue weighted by molar-refractivity contribution is 0.0625. The molecule has 28 heavy (non-hydrogen) atoms. The number of hydrogen-bond donors (Lipinski definition) is 1. The molecule has 7 heteroatoms. The smallest absolute Gasteiger partial charge is 0.218 e. The zero-order chi connectivity index (χ0) is 18.9. The third-order valence-corrected chi connectivity index (χ3v) is 5.65. The lowest BCUT2D eigenvalue weighted by Gasteiger charge is -2.27. The Hall–Kier alpha value is -1.09. The SMILES string of the molecule is CN=C(NCc1cccnc1OC1CCCC1)N(C)CCC1CCOCC1.I. The van der Waals surface area contributed by atoms with Crippen LogP contribution >= 0.6 is 24.0 Å². The second-order valence-corrected chi connectivity index (χ2v) is 7.66. The average Bonchev–Trinajstić information content (AvgIpc) is 3.22. The maximum absolute atomic E-state index is 6.14. The van der Waals surface area contributed by atoms with Crippen LogP contribution in [0.2, 0.25) is 0 Å². The fraction of sp³-hybridized carbons (Fsp3) is 0.714. The maximum atomic E-state index is 6.14. The highest BCUT2D eigenvalue weighted by atomic mass is 127. The quantitative estimate of drug-likeness (QED) is 0.349. The highest BCUT2D eigenvalue weighted by Crippen LogP contribution is 2.25. The molecule has 1 N–H and O–H groups in total. The van der Waals surface area contributed by atoms with E-state index < -0.39 is 0 Å². The molecule has 2 fully saturated rings. The highest BCUT2D eigenvalue weighted by molar-refractivity contribution is 14.0. The second-order valence-electron chi connectivity index (χ2n) is 7.66. The Labute approximate surface area is 186 Å². The number of hydrogen-bond acceptors (Lipinski definition) is 4. The first-order valence-electron chi connectivity index (χ1n) is 10.4. The zero-order valence-electron chi connectivity index (χ0n) is 17.2. The third-order valence-electron chi connectivity index (χ3n) is 5.65. The molecule has 0 atom stereocenters. The topological polar surface area (TPSA) is 59.0 Å². The molecule has 1 aliphatic heterocycles. The molecule has 0 spiro atoms. The lowest BCUT2D eigenvalue weighted by Crippen LogP contribution is -2.39. The Balaban J connectivity index is 0.00000280. The summed E-state index contributed by atoms with van der Waals surface area (Å²) in [4.78, 5) is 11.1. The predicted molar refractivity (Wildman–Crippen MR) is 124 cm³/mol. The average molecular weight is 502 g/mol. The van der Waals surface area contributed by atoms with Gasteiger partial charge in [0.05, 0.1) is 0 Å². The van der Waals surface area contributed by atoms with E-state index in [0.29, 0.717) is 12.6 Å². The van der Waals surface area contributed by atoms with Gasteiger partial charge in [0, 0.05) is 52.2 Å². The number of rotatable bonds is 7. The van der Waals surface area contributed by atoms with Crippen LogP contribution in [0.15, 0.2) is 23.3 Å². The number of ether oxygens (including phenoxy) is 2. The van der Waals surface area contributed by atoms with Crippen LogP contribution in [-0.2, 0) is 11.3 Å². The monoisotopic (exact) mass is 502 g/mol. The first-order valence-corrected chi connectivity index (χ1v) is 10.4. The van der Waals surface area contributed by atoms with Crippen molar-refractivity contribution in [1.82, 2.24) is 15.2 Å². The Morgan fingerprint density at radius 1 is 1.29 bits per heavy atom. The van der Waals surface area contributed by atoms with E-state index in [1.807, 2.05) is 19.3 Å². The summed E-state index contributed by atoms with van der Waals surface area (Å²) in [6, 6.07) is 4.05. The summed E-state index contributed by atoms with van der Waals surface area (Å²) >= 11 is 0. The van der Waals surface area contributed by atoms with Crippen LogP contribution in [0.1, 0.15) is 50.5 Å². The molecule has 0 bridgehead atoms. The molecule has 3 rings (SSSR count). The van der Waals surface area contributed by atoms with Crippen LogP contribution in [0.25, 0.3) is 0 Å². The van der Waals surface area contributed by atoms with Gasteiger partial charge in [-0.1, -0.05) is 6.07 Å². The van der Waals surface area contributed by atoms with Crippen LogP contribution < -0.4 is 10.1 Å². The van der Waals surface area contributed by atoms with E-state index in [2.05, 4.69) is 33.3 Å². The lowest BCUT2D eigenvalue weighted by atomic mass is 9.96. The van der Waals surface area contributed by atoms with Crippen molar-refractivity contribution in [2.75, 3.05) is 33.9 Å². The van der Waals surface area contributed by atoms with Gasteiger partial charge in [-0.3, -0.25) is 4.99 Å². The molecule has 1 aromatic heterocycles. The van der Waals surface area contributed by atoms with E-state index in [1.54, 1.807) is 0 Å². The van der Waals surface area contributed by atoms with Gasteiger partial charge in [-0.15, -0.1) is 24.0 Å². The molecule has 1 saturated heterocycles. The van der Waals surface area contributed by atoms with Crippen molar-refractivity contribution in [2.24, 2.45) is 10.9 Å². The minimum Gasteiger partial charge on any atom is -0.474 e. The molecular formula is C21H35IN4O2. The van der Waals surface area contributed by atoms with Gasteiger partial charge in [-0.2, -0.15) is 0 Å². The summed E-state index contributed by atoms with van der Waals surface area (Å²) in [6.07, 6.45) is 10.5. The molecule has 0 amide bonds. The summed E-state index contributed by atoms with van der Waals surface area (Å²) < 4.78 is 11.6. The fourth-order valence-electron chi connectivity index (χ4n) is 3.91. The Kier molecular flexibility index (Phi) is 10.3. The Bertz CT molecular complexity index is 602. The first kappa shape index (κ1) is 23.2. The Morgan fingerprint density at radius 2 is 2.04 bits per heavy atom. The molecule has 0 radical (unpaired) electrons. The van der Waals surface area contributed by atoms with E-state index in [9.17, 15) is 0 Å². The van der Waals surface area contributed by atoms with Crippen molar-refractivity contribution in [1.29, 1.82) is 0 Å². The highest BCUT2D eigenvalue weighted by Gasteiger charge is 2.19. The Morgan fingerprint density at radius 3 is 2.75 bits per heavy atom. The van der Waals surface area contributed by atoms with E-state index >= 15 is 0 Å². The van der Waals surface area contributed by atoms with Gasteiger partial charge < -0.3 is 19.7 Å². The predicted octanol–water partition coefficient (Wildman–Crippen LogP) is 3.84. The van der Waals surface area contributed by atoms with E-state index in [4.69, 9.17) is 9.47 Å². The van der Waals surface area contributed by atoms with Crippen molar-refractivity contribution < 1.29 is 9.47 Å². The van der Waals surface area contributed by atoms with Gasteiger partial charge in [0.15, 0.2) is 5.96 Å². The van der Waals surface area contributed by atoms with Crippen LogP contribution in [0.5, 0.6) is 5.88 Å². The van der Waals surface area contributed by atoms with Gasteiger partial charge in [0.25, 0.3) is 0 Å². The van der Waals surface area contributed by atoms with Crippen molar-refractivity contribution in [3.63, 3.8) is 0 Å². The van der Waals surface area contributed by atoms with E-state index in [1.165, 1.54) is 32.1 Å². The minimum absolute atomic E-state index is 0. The van der Waals surface area contributed by atoms with Crippen molar-refractivity contribution in [2.45, 2.75) is 57.6 Å². The number of pyridine rings is 1. The summed E-state index contributed by atoms with van der Waals surface area (Å²) in [7, 11) is 3.94. The summed E-state index contributed by atoms with van der Waals surface area (Å²) in [5.74, 6) is 2.44. The van der Waals surface area contributed by atoms with E-state index in [0.717, 1.165) is 55.9 Å². The molecule has 158 valence electrons. The summed E-state index contributed by atoms with van der Waals surface area (Å²) in [6.45, 7) is 3.49. The van der Waals surface area contributed by atoms with Crippen LogP contribution in [0.3, 0.4) is 0 Å².